The van der Waals surface area contributed by atoms with Crippen LogP contribution in [-0.4, -0.2) is 48.2 Å². The lowest BCUT2D eigenvalue weighted by molar-refractivity contribution is -0.148. The van der Waals surface area contributed by atoms with Crippen LogP contribution in [0, 0.1) is 0 Å². The van der Waals surface area contributed by atoms with Gasteiger partial charge in [-0.05, 0) is 12.2 Å². The van der Waals surface area contributed by atoms with Crippen LogP contribution in [0.4, 0.5) is 0 Å². The van der Waals surface area contributed by atoms with E-state index in [0.29, 0.717) is 5.75 Å². The maximum Gasteiger partial charge on any atom is 0.334 e. The van der Waals surface area contributed by atoms with Crippen LogP contribution in [0.5, 0.6) is 0 Å². The van der Waals surface area contributed by atoms with Gasteiger partial charge >= 0.3 is 5.97 Å². The van der Waals surface area contributed by atoms with Crippen LogP contribution in [0.2, 0.25) is 0 Å². The molecule has 5 nitrogen and oxygen atoms in total. The van der Waals surface area contributed by atoms with Crippen molar-refractivity contribution < 1.29 is 19.4 Å². The normalized spacial score (nSPS) is 12.1. The molecule has 0 spiro atoms. The number of rotatable bonds is 9. The van der Waals surface area contributed by atoms with E-state index < -0.39 is 12.1 Å². The van der Waals surface area contributed by atoms with Crippen LogP contribution in [0.1, 0.15) is 19.8 Å². The highest BCUT2D eigenvalue weighted by molar-refractivity contribution is 7.99. The number of hydrogen-bond acceptors (Lipinski definition) is 4. The Morgan fingerprint density at radius 3 is 2.69 bits per heavy atom. The first kappa shape index (κ1) is 15.2. The molecule has 0 fully saturated rings. The highest BCUT2D eigenvalue weighted by Gasteiger charge is 2.16. The standard InChI is InChI=1S/C10H19NO4S/c1-3-4-5-16-7-9(12)11-6-8(15-2)10(13)14/h8H,3-7H2,1-2H3,(H,11,12)(H,13,14). The number of carbonyl (C=O) groups is 2. The van der Waals surface area contributed by atoms with Gasteiger partial charge in [-0.3, -0.25) is 4.79 Å². The average Bonchev–Trinajstić information content (AvgIpc) is 2.25. The molecule has 0 aromatic rings. The third-order valence-corrected chi connectivity index (χ3v) is 2.96. The van der Waals surface area contributed by atoms with Gasteiger partial charge < -0.3 is 15.2 Å². The van der Waals surface area contributed by atoms with Gasteiger partial charge in [0.1, 0.15) is 0 Å². The van der Waals surface area contributed by atoms with Gasteiger partial charge in [-0.1, -0.05) is 13.3 Å². The van der Waals surface area contributed by atoms with E-state index in [1.54, 1.807) is 11.8 Å². The topological polar surface area (TPSA) is 75.6 Å². The summed E-state index contributed by atoms with van der Waals surface area (Å²) < 4.78 is 4.68. The monoisotopic (exact) mass is 249 g/mol. The quantitative estimate of drug-likeness (QED) is 0.589. The molecular formula is C10H19NO4S. The number of nitrogens with one attached hydrogen (secondary N) is 1. The minimum atomic E-state index is -1.07. The molecule has 0 aliphatic heterocycles. The lowest BCUT2D eigenvalue weighted by atomic mass is 10.3. The first-order valence-corrected chi connectivity index (χ1v) is 6.37. The van der Waals surface area contributed by atoms with Crippen molar-refractivity contribution in [1.82, 2.24) is 5.32 Å². The van der Waals surface area contributed by atoms with Gasteiger partial charge in [-0.15, -0.1) is 0 Å². The second-order valence-corrected chi connectivity index (χ2v) is 4.38. The molecule has 0 heterocycles. The van der Waals surface area contributed by atoms with Crippen molar-refractivity contribution >= 4 is 23.6 Å². The number of amides is 1. The van der Waals surface area contributed by atoms with Crippen molar-refractivity contribution in [2.24, 2.45) is 0 Å². The number of thioether (sulfide) groups is 1. The van der Waals surface area contributed by atoms with E-state index in [1.807, 2.05) is 0 Å². The fraction of sp³-hybridized carbons (Fsp3) is 0.800. The molecule has 0 aliphatic rings. The Bertz CT molecular complexity index is 223. The van der Waals surface area contributed by atoms with Gasteiger partial charge in [-0.25, -0.2) is 4.79 Å². The Morgan fingerprint density at radius 1 is 1.50 bits per heavy atom. The van der Waals surface area contributed by atoms with Gasteiger partial charge in [0.2, 0.25) is 5.91 Å². The lowest BCUT2D eigenvalue weighted by Crippen LogP contribution is -2.38. The summed E-state index contributed by atoms with van der Waals surface area (Å²) in [5.74, 6) is 0.109. The molecule has 0 aliphatic carbocycles. The zero-order valence-corrected chi connectivity index (χ0v) is 10.5. The van der Waals surface area contributed by atoms with Gasteiger partial charge in [0.05, 0.1) is 12.3 Å². The van der Waals surface area contributed by atoms with Crippen molar-refractivity contribution in [2.45, 2.75) is 25.9 Å². The maximum absolute atomic E-state index is 11.3. The summed E-state index contributed by atoms with van der Waals surface area (Å²) in [5, 5.41) is 11.2. The molecule has 2 N–H and O–H groups in total. The molecule has 0 bridgehead atoms. The summed E-state index contributed by atoms with van der Waals surface area (Å²) in [6, 6.07) is 0. The zero-order chi connectivity index (χ0) is 12.4. The van der Waals surface area contributed by atoms with Crippen molar-refractivity contribution in [2.75, 3.05) is 25.2 Å². The number of aliphatic carboxylic acids is 1. The second-order valence-electron chi connectivity index (χ2n) is 3.27. The van der Waals surface area contributed by atoms with E-state index in [0.717, 1.165) is 18.6 Å². The van der Waals surface area contributed by atoms with Crippen LogP contribution >= 0.6 is 11.8 Å². The van der Waals surface area contributed by atoms with Gasteiger partial charge in [0, 0.05) is 7.11 Å². The minimum Gasteiger partial charge on any atom is -0.479 e. The predicted molar refractivity (Wildman–Crippen MR) is 63.7 cm³/mol. The minimum absolute atomic E-state index is 0.0129. The van der Waals surface area contributed by atoms with Crippen molar-refractivity contribution in [1.29, 1.82) is 0 Å². The van der Waals surface area contributed by atoms with Crippen molar-refractivity contribution in [3.8, 4) is 0 Å². The Hall–Kier alpha value is -0.750. The van der Waals surface area contributed by atoms with Crippen LogP contribution < -0.4 is 5.32 Å². The van der Waals surface area contributed by atoms with Crippen molar-refractivity contribution in [3.63, 3.8) is 0 Å². The molecular weight excluding hydrogens is 230 g/mol. The summed E-state index contributed by atoms with van der Waals surface area (Å²) in [4.78, 5) is 21.8. The van der Waals surface area contributed by atoms with E-state index in [2.05, 4.69) is 17.0 Å². The third-order valence-electron chi connectivity index (χ3n) is 1.92. The fourth-order valence-corrected chi connectivity index (χ4v) is 1.86. The molecule has 0 aromatic heterocycles. The average molecular weight is 249 g/mol. The van der Waals surface area contributed by atoms with E-state index >= 15 is 0 Å². The molecule has 0 saturated carbocycles. The molecule has 1 amide bonds. The Kier molecular flexibility index (Phi) is 9.03. The smallest absolute Gasteiger partial charge is 0.334 e. The lowest BCUT2D eigenvalue weighted by Gasteiger charge is -2.11. The molecule has 6 heteroatoms. The van der Waals surface area contributed by atoms with Crippen LogP contribution in [0.15, 0.2) is 0 Å². The molecule has 0 saturated heterocycles. The Balaban J connectivity index is 3.59. The summed E-state index contributed by atoms with van der Waals surface area (Å²) in [5.41, 5.74) is 0. The first-order valence-electron chi connectivity index (χ1n) is 5.21. The number of methoxy groups -OCH3 is 1. The molecule has 1 atom stereocenters. The summed E-state index contributed by atoms with van der Waals surface area (Å²) in [6.07, 6.45) is 1.23. The van der Waals surface area contributed by atoms with Gasteiger partial charge in [0.25, 0.3) is 0 Å². The van der Waals surface area contributed by atoms with Crippen LogP contribution in [0.25, 0.3) is 0 Å². The maximum atomic E-state index is 11.3. The first-order chi connectivity index (χ1) is 7.61. The predicted octanol–water partition coefficient (Wildman–Crippen LogP) is 0.735. The van der Waals surface area contributed by atoms with Crippen LogP contribution in [0.3, 0.4) is 0 Å². The molecule has 94 valence electrons. The number of carboxylic acids is 1. The summed E-state index contributed by atoms with van der Waals surface area (Å²) in [7, 11) is 1.31. The molecule has 0 rings (SSSR count). The van der Waals surface area contributed by atoms with Gasteiger partial charge in [0.15, 0.2) is 6.10 Å². The highest BCUT2D eigenvalue weighted by Crippen LogP contribution is 2.03. The number of hydrogen-bond donors (Lipinski definition) is 2. The Morgan fingerprint density at radius 2 is 2.19 bits per heavy atom. The van der Waals surface area contributed by atoms with Crippen molar-refractivity contribution in [3.05, 3.63) is 0 Å². The van der Waals surface area contributed by atoms with E-state index in [4.69, 9.17) is 5.11 Å². The second kappa shape index (κ2) is 9.47. The molecule has 1 unspecified atom stereocenters. The molecule has 16 heavy (non-hydrogen) atoms. The van der Waals surface area contributed by atoms with E-state index in [-0.39, 0.29) is 12.5 Å². The third kappa shape index (κ3) is 7.53. The summed E-state index contributed by atoms with van der Waals surface area (Å²) in [6.45, 7) is 2.11. The highest BCUT2D eigenvalue weighted by atomic mass is 32.2. The molecule has 0 radical (unpaired) electrons. The van der Waals surface area contributed by atoms with E-state index in [9.17, 15) is 9.59 Å². The number of ether oxygens (including phenoxy) is 1. The summed E-state index contributed by atoms with van der Waals surface area (Å²) >= 11 is 1.55. The van der Waals surface area contributed by atoms with Crippen LogP contribution in [-0.2, 0) is 14.3 Å². The number of unbranched alkanes of at least 4 members (excludes halogenated alkanes) is 1. The SMILES string of the molecule is CCCCSCC(=O)NCC(OC)C(=O)O. The molecule has 0 aromatic carbocycles. The number of carbonyl (C=O) groups excluding carboxylic acids is 1. The van der Waals surface area contributed by atoms with Gasteiger partial charge in [-0.2, -0.15) is 11.8 Å². The Labute approximate surface area is 99.9 Å². The fourth-order valence-electron chi connectivity index (χ4n) is 0.940. The zero-order valence-electron chi connectivity index (χ0n) is 9.69. The van der Waals surface area contributed by atoms with E-state index in [1.165, 1.54) is 7.11 Å². The largest absolute Gasteiger partial charge is 0.479 e. The number of carboxylic acid groups (broad SMARTS) is 1.